The van der Waals surface area contributed by atoms with Crippen LogP contribution in [0.1, 0.15) is 17.1 Å². The van der Waals surface area contributed by atoms with Crippen LogP contribution in [-0.4, -0.2) is 60.6 Å². The van der Waals surface area contributed by atoms with Gasteiger partial charge in [-0.1, -0.05) is 6.07 Å². The van der Waals surface area contributed by atoms with Crippen LogP contribution in [0.25, 0.3) is 0 Å². The molecule has 0 radical (unpaired) electrons. The third-order valence-electron chi connectivity index (χ3n) is 4.28. The van der Waals surface area contributed by atoms with E-state index in [1.54, 1.807) is 11.3 Å². The first-order valence-electron chi connectivity index (χ1n) is 8.79. The summed E-state index contributed by atoms with van der Waals surface area (Å²) >= 11 is 1.75. The SMILES string of the molecule is CN=C(NCCCc1nc(C)cs1)N1CCN(c2ccccn2)CC1.I. The van der Waals surface area contributed by atoms with Crippen molar-refractivity contribution >= 4 is 47.1 Å². The van der Waals surface area contributed by atoms with Gasteiger partial charge in [0.05, 0.1) is 5.01 Å². The maximum absolute atomic E-state index is 4.51. The highest BCUT2D eigenvalue weighted by molar-refractivity contribution is 14.0. The molecular weight excluding hydrogens is 459 g/mol. The van der Waals surface area contributed by atoms with Gasteiger partial charge in [-0.3, -0.25) is 4.99 Å². The molecule has 8 heteroatoms. The molecule has 0 aromatic carbocycles. The zero-order valence-electron chi connectivity index (χ0n) is 15.4. The first kappa shape index (κ1) is 20.9. The van der Waals surface area contributed by atoms with Crippen LogP contribution < -0.4 is 10.2 Å². The lowest BCUT2D eigenvalue weighted by molar-refractivity contribution is 0.371. The van der Waals surface area contributed by atoms with Gasteiger partial charge in [-0.15, -0.1) is 35.3 Å². The monoisotopic (exact) mass is 486 g/mol. The highest BCUT2D eigenvalue weighted by Crippen LogP contribution is 2.13. The molecule has 0 spiro atoms. The standard InChI is InChI=1S/C18H26N6S.HI/c1-15-14-25-17(22-15)7-5-9-21-18(19-2)24-12-10-23(11-13-24)16-6-3-4-8-20-16;/h3-4,6,8,14H,5,7,9-13H2,1-2H3,(H,19,21);1H. The molecule has 1 fully saturated rings. The quantitative estimate of drug-likeness (QED) is 0.305. The molecule has 0 aliphatic carbocycles. The van der Waals surface area contributed by atoms with Crippen molar-refractivity contribution in [1.29, 1.82) is 0 Å². The first-order chi connectivity index (χ1) is 12.3. The molecule has 0 unspecified atom stereocenters. The predicted molar refractivity (Wildman–Crippen MR) is 120 cm³/mol. The average molecular weight is 486 g/mol. The summed E-state index contributed by atoms with van der Waals surface area (Å²) in [5.41, 5.74) is 1.12. The average Bonchev–Trinajstić information content (AvgIpc) is 3.08. The Morgan fingerprint density at radius 3 is 2.69 bits per heavy atom. The molecule has 0 atom stereocenters. The second-order valence-electron chi connectivity index (χ2n) is 6.12. The summed E-state index contributed by atoms with van der Waals surface area (Å²) in [5.74, 6) is 2.06. The van der Waals surface area contributed by atoms with Crippen molar-refractivity contribution in [2.24, 2.45) is 4.99 Å². The van der Waals surface area contributed by atoms with Crippen LogP contribution in [0.3, 0.4) is 0 Å². The van der Waals surface area contributed by atoms with Crippen LogP contribution in [0.15, 0.2) is 34.8 Å². The molecule has 142 valence electrons. The molecule has 6 nitrogen and oxygen atoms in total. The minimum absolute atomic E-state index is 0. The number of nitrogens with zero attached hydrogens (tertiary/aromatic N) is 5. The van der Waals surface area contributed by atoms with Crippen molar-refractivity contribution in [3.63, 3.8) is 0 Å². The van der Waals surface area contributed by atoms with Crippen LogP contribution in [-0.2, 0) is 6.42 Å². The minimum Gasteiger partial charge on any atom is -0.356 e. The highest BCUT2D eigenvalue weighted by Gasteiger charge is 2.20. The number of halogens is 1. The van der Waals surface area contributed by atoms with Crippen molar-refractivity contribution in [2.45, 2.75) is 19.8 Å². The number of aromatic nitrogens is 2. The van der Waals surface area contributed by atoms with Gasteiger partial charge in [0.1, 0.15) is 5.82 Å². The van der Waals surface area contributed by atoms with Gasteiger partial charge >= 0.3 is 0 Å². The lowest BCUT2D eigenvalue weighted by Crippen LogP contribution is -2.52. The Morgan fingerprint density at radius 1 is 1.27 bits per heavy atom. The summed E-state index contributed by atoms with van der Waals surface area (Å²) in [6, 6.07) is 6.07. The van der Waals surface area contributed by atoms with Crippen molar-refractivity contribution in [3.05, 3.63) is 40.5 Å². The molecule has 1 N–H and O–H groups in total. The van der Waals surface area contributed by atoms with Crippen molar-refractivity contribution in [1.82, 2.24) is 20.2 Å². The van der Waals surface area contributed by atoms with Gasteiger partial charge in [-0.05, 0) is 25.5 Å². The number of thiazole rings is 1. The fourth-order valence-corrected chi connectivity index (χ4v) is 3.80. The third-order valence-corrected chi connectivity index (χ3v) is 5.31. The third kappa shape index (κ3) is 5.80. The van der Waals surface area contributed by atoms with E-state index in [1.807, 2.05) is 32.3 Å². The van der Waals surface area contributed by atoms with Gasteiger partial charge in [0, 0.05) is 63.5 Å². The van der Waals surface area contributed by atoms with Crippen LogP contribution in [0.4, 0.5) is 5.82 Å². The summed E-state index contributed by atoms with van der Waals surface area (Å²) in [7, 11) is 1.86. The zero-order chi connectivity index (χ0) is 17.5. The molecular formula is C18H27IN6S. The van der Waals surface area contributed by atoms with Gasteiger partial charge in [0.2, 0.25) is 0 Å². The van der Waals surface area contributed by atoms with Crippen LogP contribution in [0.5, 0.6) is 0 Å². The molecule has 2 aromatic rings. The number of aliphatic imine (C=N–C) groups is 1. The van der Waals surface area contributed by atoms with Gasteiger partial charge in [-0.2, -0.15) is 0 Å². The van der Waals surface area contributed by atoms with Crippen molar-refractivity contribution in [3.8, 4) is 0 Å². The van der Waals surface area contributed by atoms with Gasteiger partial charge in [0.25, 0.3) is 0 Å². The lowest BCUT2D eigenvalue weighted by atomic mass is 10.3. The molecule has 1 aliphatic rings. The number of hydrogen-bond acceptors (Lipinski definition) is 5. The fraction of sp³-hybridized carbons (Fsp3) is 0.500. The largest absolute Gasteiger partial charge is 0.356 e. The maximum Gasteiger partial charge on any atom is 0.193 e. The molecule has 0 saturated carbocycles. The second kappa shape index (κ2) is 10.7. The Labute approximate surface area is 176 Å². The fourth-order valence-electron chi connectivity index (χ4n) is 2.98. The lowest BCUT2D eigenvalue weighted by Gasteiger charge is -2.37. The number of anilines is 1. The zero-order valence-corrected chi connectivity index (χ0v) is 18.5. The Bertz CT molecular complexity index is 682. The normalized spacial score (nSPS) is 14.9. The molecule has 0 amide bonds. The van der Waals surface area contributed by atoms with Crippen LogP contribution >= 0.6 is 35.3 Å². The number of piperazine rings is 1. The Balaban J connectivity index is 0.00000243. The number of pyridine rings is 1. The number of nitrogens with one attached hydrogen (secondary N) is 1. The first-order valence-corrected chi connectivity index (χ1v) is 9.67. The predicted octanol–water partition coefficient (Wildman–Crippen LogP) is 2.79. The van der Waals surface area contributed by atoms with Crippen molar-refractivity contribution < 1.29 is 0 Å². The summed E-state index contributed by atoms with van der Waals surface area (Å²) in [6.07, 6.45) is 3.95. The van der Waals surface area contributed by atoms with E-state index in [0.29, 0.717) is 0 Å². The van der Waals surface area contributed by atoms with E-state index >= 15 is 0 Å². The molecule has 3 rings (SSSR count). The molecule has 0 bridgehead atoms. The Morgan fingerprint density at radius 2 is 2.08 bits per heavy atom. The topological polar surface area (TPSA) is 56.7 Å². The smallest absolute Gasteiger partial charge is 0.193 e. The molecule has 3 heterocycles. The molecule has 26 heavy (non-hydrogen) atoms. The number of rotatable bonds is 5. The summed E-state index contributed by atoms with van der Waals surface area (Å²) in [5, 5.41) is 6.82. The second-order valence-corrected chi connectivity index (χ2v) is 7.06. The molecule has 1 saturated heterocycles. The van der Waals surface area contributed by atoms with E-state index in [-0.39, 0.29) is 24.0 Å². The minimum atomic E-state index is 0. The number of aryl methyl sites for hydroxylation is 2. The maximum atomic E-state index is 4.51. The van der Waals surface area contributed by atoms with Crippen LogP contribution in [0.2, 0.25) is 0 Å². The van der Waals surface area contributed by atoms with Crippen LogP contribution in [0, 0.1) is 6.92 Å². The Hall–Kier alpha value is -1.42. The van der Waals surface area contributed by atoms with E-state index in [4.69, 9.17) is 0 Å². The Kier molecular flexibility index (Phi) is 8.56. The summed E-state index contributed by atoms with van der Waals surface area (Å²) in [4.78, 5) is 18.1. The van der Waals surface area contributed by atoms with E-state index in [9.17, 15) is 0 Å². The summed E-state index contributed by atoms with van der Waals surface area (Å²) in [6.45, 7) is 6.83. The number of hydrogen-bond donors (Lipinski definition) is 1. The van der Waals surface area contributed by atoms with E-state index in [1.165, 1.54) is 5.01 Å². The summed E-state index contributed by atoms with van der Waals surface area (Å²) < 4.78 is 0. The van der Waals surface area contributed by atoms with Crippen molar-refractivity contribution in [2.75, 3.05) is 44.7 Å². The molecule has 2 aromatic heterocycles. The number of guanidine groups is 1. The van der Waals surface area contributed by atoms with Gasteiger partial charge < -0.3 is 15.1 Å². The van der Waals surface area contributed by atoms with E-state index < -0.39 is 0 Å². The highest BCUT2D eigenvalue weighted by atomic mass is 127. The van der Waals surface area contributed by atoms with Gasteiger partial charge in [0.15, 0.2) is 5.96 Å². The van der Waals surface area contributed by atoms with Gasteiger partial charge in [-0.25, -0.2) is 9.97 Å². The van der Waals surface area contributed by atoms with E-state index in [0.717, 1.165) is 63.0 Å². The molecule has 1 aliphatic heterocycles. The van der Waals surface area contributed by atoms with E-state index in [2.05, 4.69) is 41.5 Å².